The molecule has 0 aromatic carbocycles. The normalized spacial score (nSPS) is 45.5. The van der Waals surface area contributed by atoms with Gasteiger partial charge in [0.15, 0.2) is 0 Å². The minimum Gasteiger partial charge on any atom is -0.381 e. The molecule has 0 aromatic rings. The Labute approximate surface area is 139 Å². The standard InChI is InChI=1S/C20H30O3/c1-11-6-7-15-17(16(21)10-20(15,3)4)18(22)13-9-12(2)19(23-5)14(13)8-11/h6,12-15,17,19H,7-10H2,1-5H3/b11-6+/t12-,13+,14+,15-,17+,19+/m1/s1. The van der Waals surface area contributed by atoms with E-state index >= 15 is 0 Å². The second-order valence-corrected chi connectivity index (χ2v) is 8.79. The van der Waals surface area contributed by atoms with Crippen LogP contribution in [-0.2, 0) is 14.3 Å². The van der Waals surface area contributed by atoms with E-state index in [1.54, 1.807) is 7.11 Å². The van der Waals surface area contributed by atoms with Crippen molar-refractivity contribution in [2.24, 2.45) is 35.0 Å². The van der Waals surface area contributed by atoms with Gasteiger partial charge in [-0.1, -0.05) is 32.4 Å². The van der Waals surface area contributed by atoms with E-state index in [1.165, 1.54) is 5.57 Å². The van der Waals surface area contributed by atoms with Crippen molar-refractivity contribution < 1.29 is 14.3 Å². The van der Waals surface area contributed by atoms with E-state index in [0.29, 0.717) is 12.3 Å². The van der Waals surface area contributed by atoms with Crippen LogP contribution in [0.4, 0.5) is 0 Å². The molecule has 2 fully saturated rings. The molecule has 3 aliphatic rings. The number of fused-ring (bicyclic) bond motifs is 2. The third kappa shape index (κ3) is 2.71. The number of rotatable bonds is 1. The van der Waals surface area contributed by atoms with Gasteiger partial charge in [-0.3, -0.25) is 9.59 Å². The molecule has 128 valence electrons. The smallest absolute Gasteiger partial charge is 0.147 e. The fourth-order valence-corrected chi connectivity index (χ4v) is 5.54. The highest BCUT2D eigenvalue weighted by Gasteiger charge is 2.55. The number of carbonyl (C=O) groups is 2. The molecule has 0 aromatic heterocycles. The Balaban J connectivity index is 2.01. The summed E-state index contributed by atoms with van der Waals surface area (Å²) in [6.45, 7) is 8.64. The summed E-state index contributed by atoms with van der Waals surface area (Å²) in [5, 5.41) is 0. The van der Waals surface area contributed by atoms with Gasteiger partial charge in [-0.15, -0.1) is 0 Å². The van der Waals surface area contributed by atoms with Crippen molar-refractivity contribution in [3.8, 4) is 0 Å². The summed E-state index contributed by atoms with van der Waals surface area (Å²) in [5.41, 5.74) is 1.28. The Hall–Kier alpha value is -0.960. The monoisotopic (exact) mass is 318 g/mol. The Bertz CT molecular complexity index is 545. The summed E-state index contributed by atoms with van der Waals surface area (Å²) in [7, 11) is 1.76. The summed E-state index contributed by atoms with van der Waals surface area (Å²) in [6, 6.07) is 0. The molecule has 0 spiro atoms. The lowest BCUT2D eigenvalue weighted by Crippen LogP contribution is -2.35. The predicted octanol–water partition coefficient (Wildman–Crippen LogP) is 3.81. The number of methoxy groups -OCH3 is 1. The minimum absolute atomic E-state index is 0.0123. The van der Waals surface area contributed by atoms with Crippen molar-refractivity contribution in [3.63, 3.8) is 0 Å². The van der Waals surface area contributed by atoms with Gasteiger partial charge in [0.1, 0.15) is 11.6 Å². The van der Waals surface area contributed by atoms with E-state index in [-0.39, 0.29) is 46.8 Å². The maximum atomic E-state index is 13.3. The molecule has 0 saturated heterocycles. The summed E-state index contributed by atoms with van der Waals surface area (Å²) >= 11 is 0. The van der Waals surface area contributed by atoms with Crippen LogP contribution in [0.15, 0.2) is 11.6 Å². The van der Waals surface area contributed by atoms with Gasteiger partial charge in [0.2, 0.25) is 0 Å². The van der Waals surface area contributed by atoms with Crippen LogP contribution in [0.3, 0.4) is 0 Å². The number of carbonyl (C=O) groups excluding carboxylic acids is 2. The highest BCUT2D eigenvalue weighted by Crippen LogP contribution is 2.52. The first kappa shape index (κ1) is 16.9. The molecule has 6 atom stereocenters. The molecule has 23 heavy (non-hydrogen) atoms. The van der Waals surface area contributed by atoms with Crippen molar-refractivity contribution in [1.82, 2.24) is 0 Å². The molecule has 3 heteroatoms. The van der Waals surface area contributed by atoms with Crippen molar-refractivity contribution in [2.45, 2.75) is 59.5 Å². The van der Waals surface area contributed by atoms with E-state index in [4.69, 9.17) is 4.74 Å². The van der Waals surface area contributed by atoms with E-state index < -0.39 is 0 Å². The molecule has 2 saturated carbocycles. The molecular weight excluding hydrogens is 288 g/mol. The number of allylic oxidation sites excluding steroid dienone is 2. The van der Waals surface area contributed by atoms with Gasteiger partial charge in [0.25, 0.3) is 0 Å². The molecule has 0 amide bonds. The van der Waals surface area contributed by atoms with E-state index in [0.717, 1.165) is 19.3 Å². The lowest BCUT2D eigenvalue weighted by Gasteiger charge is -2.29. The number of hydrogen-bond donors (Lipinski definition) is 0. The Kier molecular flexibility index (Phi) is 4.29. The highest BCUT2D eigenvalue weighted by molar-refractivity contribution is 6.05. The lowest BCUT2D eigenvalue weighted by molar-refractivity contribution is -0.136. The molecule has 3 nitrogen and oxygen atoms in total. The summed E-state index contributed by atoms with van der Waals surface area (Å²) in [5.74, 6) is 0.760. The summed E-state index contributed by atoms with van der Waals surface area (Å²) in [6.07, 6.45) is 5.60. The number of ketones is 2. The maximum absolute atomic E-state index is 13.3. The summed E-state index contributed by atoms with van der Waals surface area (Å²) in [4.78, 5) is 26.0. The topological polar surface area (TPSA) is 43.4 Å². The fraction of sp³-hybridized carbons (Fsp3) is 0.800. The minimum atomic E-state index is -0.387. The third-order valence-corrected chi connectivity index (χ3v) is 6.73. The van der Waals surface area contributed by atoms with E-state index in [1.807, 2.05) is 0 Å². The number of hydrogen-bond acceptors (Lipinski definition) is 3. The molecule has 0 radical (unpaired) electrons. The van der Waals surface area contributed by atoms with Gasteiger partial charge >= 0.3 is 0 Å². The van der Waals surface area contributed by atoms with Gasteiger partial charge in [0, 0.05) is 19.4 Å². The average molecular weight is 318 g/mol. The van der Waals surface area contributed by atoms with Gasteiger partial charge in [-0.25, -0.2) is 0 Å². The molecule has 0 N–H and O–H groups in total. The maximum Gasteiger partial charge on any atom is 0.147 e. The first-order chi connectivity index (χ1) is 10.8. The van der Waals surface area contributed by atoms with E-state index in [2.05, 4.69) is 33.8 Å². The fourth-order valence-electron chi connectivity index (χ4n) is 5.54. The van der Waals surface area contributed by atoms with Gasteiger partial charge in [-0.05, 0) is 49.4 Å². The average Bonchev–Trinajstić information content (AvgIpc) is 2.89. The van der Waals surface area contributed by atoms with Crippen molar-refractivity contribution >= 4 is 11.6 Å². The first-order valence-corrected chi connectivity index (χ1v) is 9.01. The zero-order valence-electron chi connectivity index (χ0n) is 15.1. The molecule has 0 unspecified atom stereocenters. The zero-order valence-corrected chi connectivity index (χ0v) is 15.1. The Morgan fingerprint density at radius 3 is 2.61 bits per heavy atom. The van der Waals surface area contributed by atoms with Crippen LogP contribution in [0, 0.1) is 35.0 Å². The number of ether oxygens (including phenoxy) is 1. The molecular formula is C20H30O3. The van der Waals surface area contributed by atoms with Gasteiger partial charge < -0.3 is 4.74 Å². The SMILES string of the molecule is CO[C@@H]1[C@H]2C/C(C)=C/C[C@@H]3[C@@H](C(=O)CC3(C)C)C(=O)[C@H]2C[C@H]1C. The quantitative estimate of drug-likeness (QED) is 0.545. The Morgan fingerprint density at radius 1 is 1.26 bits per heavy atom. The van der Waals surface area contributed by atoms with Crippen LogP contribution in [0.25, 0.3) is 0 Å². The highest BCUT2D eigenvalue weighted by atomic mass is 16.5. The van der Waals surface area contributed by atoms with Gasteiger partial charge in [0.05, 0.1) is 12.0 Å². The third-order valence-electron chi connectivity index (χ3n) is 6.73. The van der Waals surface area contributed by atoms with Crippen LogP contribution in [0.2, 0.25) is 0 Å². The van der Waals surface area contributed by atoms with E-state index in [9.17, 15) is 9.59 Å². The largest absolute Gasteiger partial charge is 0.381 e. The molecule has 0 bridgehead atoms. The Morgan fingerprint density at radius 2 is 1.96 bits per heavy atom. The van der Waals surface area contributed by atoms with Crippen LogP contribution >= 0.6 is 0 Å². The van der Waals surface area contributed by atoms with Crippen LogP contribution in [-0.4, -0.2) is 24.8 Å². The first-order valence-electron chi connectivity index (χ1n) is 9.01. The zero-order chi connectivity index (χ0) is 16.9. The second-order valence-electron chi connectivity index (χ2n) is 8.79. The van der Waals surface area contributed by atoms with Crippen LogP contribution in [0.1, 0.15) is 53.4 Å². The molecule has 3 rings (SSSR count). The lowest BCUT2D eigenvalue weighted by atomic mass is 9.73. The number of Topliss-reactive ketones (excluding diaryl/α,β-unsaturated/α-hetero) is 2. The molecule has 3 aliphatic carbocycles. The van der Waals surface area contributed by atoms with Crippen LogP contribution in [0.5, 0.6) is 0 Å². The van der Waals surface area contributed by atoms with Crippen molar-refractivity contribution in [2.75, 3.05) is 7.11 Å². The summed E-state index contributed by atoms with van der Waals surface area (Å²) < 4.78 is 5.74. The van der Waals surface area contributed by atoms with Gasteiger partial charge in [-0.2, -0.15) is 0 Å². The van der Waals surface area contributed by atoms with Crippen molar-refractivity contribution in [1.29, 1.82) is 0 Å². The van der Waals surface area contributed by atoms with Crippen molar-refractivity contribution in [3.05, 3.63) is 11.6 Å². The second kappa shape index (κ2) is 5.84. The molecule has 0 heterocycles. The molecule has 0 aliphatic heterocycles. The predicted molar refractivity (Wildman–Crippen MR) is 89.9 cm³/mol. The van der Waals surface area contributed by atoms with Crippen LogP contribution < -0.4 is 0 Å².